The molecular weight excluding hydrogens is 1160 g/mol. The molecule has 0 unspecified atom stereocenters. The van der Waals surface area contributed by atoms with E-state index in [0.717, 1.165) is 85.3 Å². The lowest BCUT2D eigenvalue weighted by atomic mass is 10.1. The second-order valence-electron chi connectivity index (χ2n) is 20.6. The first kappa shape index (κ1) is 61.1. The number of urea groups is 1. The van der Waals surface area contributed by atoms with E-state index in [0.29, 0.717) is 65.9 Å². The lowest BCUT2D eigenvalue weighted by molar-refractivity contribution is -0.116. The van der Waals surface area contributed by atoms with Crippen LogP contribution in [0.4, 0.5) is 29.9 Å². The third-order valence-corrected chi connectivity index (χ3v) is 14.2. The molecule has 3 amide bonds. The number of primary amides is 1. The number of nitrogens with zero attached hydrogens (tertiary/aromatic N) is 8. The van der Waals surface area contributed by atoms with Gasteiger partial charge < -0.3 is 40.6 Å². The fourth-order valence-corrected chi connectivity index (χ4v) is 9.73. The maximum absolute atomic E-state index is 13.1. The quantitative estimate of drug-likeness (QED) is 0.0373. The Morgan fingerprint density at radius 3 is 1.34 bits per heavy atom. The molecule has 0 aliphatic carbocycles. The highest BCUT2D eigenvalue weighted by Gasteiger charge is 2.20. The molecule has 0 saturated carbocycles. The average Bonchev–Trinajstić information content (AvgIpc) is 1.14. The molecular formula is C70H59F3N12O6. The van der Waals surface area contributed by atoms with E-state index in [9.17, 15) is 22.8 Å². The van der Waals surface area contributed by atoms with Crippen molar-refractivity contribution in [3.05, 3.63) is 242 Å². The Morgan fingerprint density at radius 2 is 0.923 bits per heavy atom. The number of amides is 3. The van der Waals surface area contributed by atoms with Gasteiger partial charge in [0.1, 0.15) is 57.8 Å². The number of hydrogen-bond acceptors (Lipinski definition) is 15. The van der Waals surface area contributed by atoms with E-state index >= 15 is 0 Å². The number of carbonyl (C=O) groups excluding carboxylic acids is 2. The number of para-hydroxylation sites is 3. The number of rotatable bonds is 19. The van der Waals surface area contributed by atoms with Crippen LogP contribution < -0.4 is 41.4 Å². The Kier molecular flexibility index (Phi) is 19.5. The Balaban J connectivity index is 0.000000141. The Hall–Kier alpha value is -11.6. The van der Waals surface area contributed by atoms with E-state index in [4.69, 9.17) is 40.9 Å². The second-order valence-corrected chi connectivity index (χ2v) is 20.6. The molecule has 91 heavy (non-hydrogen) atoms. The summed E-state index contributed by atoms with van der Waals surface area (Å²) in [5.41, 5.74) is 12.6. The van der Waals surface area contributed by atoms with Crippen LogP contribution in [0.5, 0.6) is 34.5 Å². The van der Waals surface area contributed by atoms with Gasteiger partial charge in [0.15, 0.2) is 0 Å². The third kappa shape index (κ3) is 16.0. The normalized spacial score (nSPS) is 11.7. The van der Waals surface area contributed by atoms with Gasteiger partial charge in [-0.25, -0.2) is 53.7 Å². The molecule has 13 rings (SSSR count). The number of benzene rings is 9. The zero-order valence-corrected chi connectivity index (χ0v) is 48.8. The third-order valence-electron chi connectivity index (χ3n) is 14.2. The smallest absolute Gasteiger partial charge is 0.317 e. The first-order valence-corrected chi connectivity index (χ1v) is 29.0. The van der Waals surface area contributed by atoms with Crippen molar-refractivity contribution in [2.24, 2.45) is 11.6 Å². The number of nitrogens with two attached hydrogens (primary N) is 2. The van der Waals surface area contributed by atoms with Gasteiger partial charge in [0.25, 0.3) is 0 Å². The van der Waals surface area contributed by atoms with Crippen molar-refractivity contribution in [3.8, 4) is 68.3 Å². The number of hydrogen-bond donors (Lipinski definition) is 5. The predicted molar refractivity (Wildman–Crippen MR) is 344 cm³/mol. The predicted octanol–water partition coefficient (Wildman–Crippen LogP) is 13.2. The van der Waals surface area contributed by atoms with Crippen molar-refractivity contribution in [2.75, 3.05) is 49.7 Å². The van der Waals surface area contributed by atoms with Crippen LogP contribution in [0.25, 0.3) is 66.5 Å². The van der Waals surface area contributed by atoms with Crippen LogP contribution in [0.2, 0.25) is 0 Å². The molecule has 12 aromatic rings. The molecule has 1 aliphatic heterocycles. The van der Waals surface area contributed by atoms with E-state index in [2.05, 4.69) is 30.6 Å². The van der Waals surface area contributed by atoms with Crippen LogP contribution in [0, 0.1) is 17.5 Å². The molecule has 7 N–H and O–H groups in total. The molecule has 1 saturated heterocycles. The van der Waals surface area contributed by atoms with Gasteiger partial charge in [-0.2, -0.15) is 0 Å². The second kappa shape index (κ2) is 29.0. The molecule has 0 bridgehead atoms. The van der Waals surface area contributed by atoms with Gasteiger partial charge in [0, 0.05) is 58.9 Å². The number of hydrazine groups is 1. The van der Waals surface area contributed by atoms with Gasteiger partial charge in [-0.05, 0) is 170 Å². The van der Waals surface area contributed by atoms with Gasteiger partial charge in [0.2, 0.25) is 17.8 Å². The summed E-state index contributed by atoms with van der Waals surface area (Å²) in [5, 5.41) is 18.9. The largest absolute Gasteiger partial charge is 0.457 e. The van der Waals surface area contributed by atoms with E-state index in [1.54, 1.807) is 36.4 Å². The lowest BCUT2D eigenvalue weighted by Gasteiger charge is -2.17. The molecule has 0 atom stereocenters. The van der Waals surface area contributed by atoms with Gasteiger partial charge in [0.05, 0.1) is 53.3 Å². The first-order chi connectivity index (χ1) is 44.4. The average molecular weight is 1220 g/mol. The van der Waals surface area contributed by atoms with Gasteiger partial charge in [-0.1, -0.05) is 54.6 Å². The standard InChI is InChI=1S/C26H23FN4O2.C22H19FN4O2.C22H17FN4O2/c27-19-9-13-21(14-10-19)33-20-11-7-18(8-12-20)25-22-4-1-2-5-23(22)29-24(30-25)6-3-16-31-17-15-28-26(31)32;23-16-7-11-18(12-8-16)29-17-9-5-15(6-10-17)21-19-3-1-2-4-20(19)25-22(26-21)27(24)13-14-28;23-15-7-11-17(12-8-15)29-16-9-5-14(6-10-16)21-18-3-1-2-4-19(18)26-22(27-21)25-13-20(24)28/h1-2,4-5,7-14H,3,6,15-17H2,(H,28,32);1-12,28H,13-14,24H2;1-12H,13H2,(H2,24,28)(H,25,26,27). The Bertz CT molecular complexity index is 4460. The molecule has 1 fully saturated rings. The van der Waals surface area contributed by atoms with Gasteiger partial charge >= 0.3 is 6.03 Å². The Morgan fingerprint density at radius 1 is 0.527 bits per heavy atom. The van der Waals surface area contributed by atoms with Crippen molar-refractivity contribution in [3.63, 3.8) is 0 Å². The topological polar surface area (TPSA) is 242 Å². The number of aliphatic hydroxyl groups is 1. The summed E-state index contributed by atoms with van der Waals surface area (Å²) in [7, 11) is 0. The number of aryl methyl sites for hydroxylation is 1. The number of fused-ring (bicyclic) bond motifs is 3. The van der Waals surface area contributed by atoms with E-state index in [-0.39, 0.29) is 43.2 Å². The number of ether oxygens (including phenoxy) is 3. The Labute approximate surface area is 520 Å². The first-order valence-electron chi connectivity index (χ1n) is 29.0. The summed E-state index contributed by atoms with van der Waals surface area (Å²) >= 11 is 0. The number of aromatic nitrogens is 6. The molecule has 3 aromatic heterocycles. The van der Waals surface area contributed by atoms with Gasteiger partial charge in [-0.15, -0.1) is 0 Å². The van der Waals surface area contributed by atoms with Crippen LogP contribution in [-0.2, 0) is 11.2 Å². The van der Waals surface area contributed by atoms with E-state index in [1.165, 1.54) is 41.4 Å². The zero-order valence-electron chi connectivity index (χ0n) is 48.8. The minimum atomic E-state index is -0.495. The summed E-state index contributed by atoms with van der Waals surface area (Å²) in [6, 6.07) is 63.3. The van der Waals surface area contributed by atoms with Crippen molar-refractivity contribution in [2.45, 2.75) is 12.8 Å². The summed E-state index contributed by atoms with van der Waals surface area (Å²) in [6.07, 6.45) is 1.49. The van der Waals surface area contributed by atoms with Gasteiger partial charge in [-0.3, -0.25) is 9.80 Å². The molecule has 9 aromatic carbocycles. The molecule has 18 nitrogen and oxygen atoms in total. The number of halogens is 3. The molecule has 456 valence electrons. The molecule has 21 heteroatoms. The van der Waals surface area contributed by atoms with Crippen molar-refractivity contribution in [1.29, 1.82) is 0 Å². The number of aliphatic hydroxyl groups excluding tert-OH is 1. The molecule has 0 radical (unpaired) electrons. The minimum absolute atomic E-state index is 0.00179. The minimum Gasteiger partial charge on any atom is -0.457 e. The summed E-state index contributed by atoms with van der Waals surface area (Å²) in [4.78, 5) is 52.3. The fraction of sp³-hybridized carbons (Fsp3) is 0.114. The highest BCUT2D eigenvalue weighted by molar-refractivity contribution is 5.95. The molecule has 0 spiro atoms. The number of carbonyl (C=O) groups is 2. The van der Waals surface area contributed by atoms with E-state index < -0.39 is 5.91 Å². The number of anilines is 2. The SMILES string of the molecule is NC(=O)CNc1nc(-c2ccc(Oc3ccc(F)cc3)cc2)c2ccccc2n1.NN(CCO)c1nc(-c2ccc(Oc3ccc(F)cc3)cc2)c2ccccc2n1.O=C1NCCN1CCCc1nc(-c2ccc(Oc3ccc(F)cc3)cc2)c2ccccc2n1. The van der Waals surface area contributed by atoms with Crippen molar-refractivity contribution in [1.82, 2.24) is 40.1 Å². The van der Waals surface area contributed by atoms with Crippen LogP contribution in [0.1, 0.15) is 12.2 Å². The molecule has 4 heterocycles. The fourth-order valence-electron chi connectivity index (χ4n) is 9.73. The van der Waals surface area contributed by atoms with Crippen LogP contribution in [0.15, 0.2) is 218 Å². The maximum Gasteiger partial charge on any atom is 0.317 e. The van der Waals surface area contributed by atoms with Crippen LogP contribution >= 0.6 is 0 Å². The summed E-state index contributed by atoms with van der Waals surface area (Å²) in [6.45, 7) is 2.21. The maximum atomic E-state index is 13.1. The summed E-state index contributed by atoms with van der Waals surface area (Å²) in [5.74, 6) is 9.54. The number of nitrogens with one attached hydrogen (secondary N) is 2. The summed E-state index contributed by atoms with van der Waals surface area (Å²) < 4.78 is 56.5. The zero-order chi connectivity index (χ0) is 63.1. The lowest BCUT2D eigenvalue weighted by Crippen LogP contribution is -2.35. The monoisotopic (exact) mass is 1220 g/mol. The van der Waals surface area contributed by atoms with Crippen LogP contribution in [-0.4, -0.2) is 91.2 Å². The van der Waals surface area contributed by atoms with Crippen molar-refractivity contribution < 1.29 is 42.1 Å². The molecule has 1 aliphatic rings. The van der Waals surface area contributed by atoms with Crippen molar-refractivity contribution >= 4 is 56.5 Å². The highest BCUT2D eigenvalue weighted by Crippen LogP contribution is 2.34. The van der Waals surface area contributed by atoms with Crippen LogP contribution in [0.3, 0.4) is 0 Å². The van der Waals surface area contributed by atoms with E-state index in [1.807, 2.05) is 150 Å². The highest BCUT2D eigenvalue weighted by atomic mass is 19.1.